The summed E-state index contributed by atoms with van der Waals surface area (Å²) in [6.45, 7) is 0. The van der Waals surface area contributed by atoms with Gasteiger partial charge in [0.25, 0.3) is 5.78 Å². The van der Waals surface area contributed by atoms with Crippen LogP contribution in [-0.4, -0.2) is 16.7 Å². The van der Waals surface area contributed by atoms with Gasteiger partial charge in [-0.05, 0) is 24.3 Å². The largest absolute Gasteiger partial charge is 0.304 e. The summed E-state index contributed by atoms with van der Waals surface area (Å²) in [7, 11) is 0. The Bertz CT molecular complexity index is 608. The number of carbonyl (C=O) groups is 2. The molecule has 82 valence electrons. The molecule has 4 nitrogen and oxygen atoms in total. The fourth-order valence-electron chi connectivity index (χ4n) is 1.94. The van der Waals surface area contributed by atoms with Gasteiger partial charge in [0.15, 0.2) is 0 Å². The van der Waals surface area contributed by atoms with Crippen molar-refractivity contribution in [2.24, 2.45) is 0 Å². The van der Waals surface area contributed by atoms with Gasteiger partial charge in [0.05, 0.1) is 16.9 Å². The van der Waals surface area contributed by atoms with Crippen molar-refractivity contribution in [2.45, 2.75) is 0 Å². The number of Topliss-reactive ketones (excluding diaryl/α,β-unsaturated/α-hetero) is 1. The zero-order chi connectivity index (χ0) is 11.8. The maximum absolute atomic E-state index is 11.9. The Hall–Kier alpha value is -2.49. The number of ketones is 1. The van der Waals surface area contributed by atoms with Gasteiger partial charge in [-0.25, -0.2) is 0 Å². The van der Waals surface area contributed by atoms with Crippen LogP contribution in [0.25, 0.3) is 0 Å². The third-order valence-corrected chi connectivity index (χ3v) is 2.71. The summed E-state index contributed by atoms with van der Waals surface area (Å²) in [5, 5.41) is 0. The fraction of sp³-hybridized carbons (Fsp3) is 0. The minimum atomic E-state index is -0.516. The van der Waals surface area contributed by atoms with Crippen molar-refractivity contribution in [3.63, 3.8) is 0 Å². The normalized spacial score (nSPS) is 14.0. The van der Waals surface area contributed by atoms with E-state index >= 15 is 0 Å². The Morgan fingerprint density at radius 3 is 2.41 bits per heavy atom. The number of rotatable bonds is 1. The van der Waals surface area contributed by atoms with Gasteiger partial charge < -0.3 is 0 Å². The lowest BCUT2D eigenvalue weighted by molar-refractivity contribution is -0.113. The van der Waals surface area contributed by atoms with Gasteiger partial charge >= 0.3 is 5.91 Å². The number of hydrogen-bond acceptors (Lipinski definition) is 3. The number of amides is 1. The topological polar surface area (TPSA) is 50.3 Å². The number of pyridine rings is 1. The van der Waals surface area contributed by atoms with Crippen LogP contribution in [0.5, 0.6) is 0 Å². The number of hydrogen-bond donors (Lipinski definition) is 0. The minimum Gasteiger partial charge on any atom is -0.283 e. The number of anilines is 2. The molecule has 2 heterocycles. The van der Waals surface area contributed by atoms with Crippen molar-refractivity contribution >= 4 is 23.1 Å². The first kappa shape index (κ1) is 9.72. The second kappa shape index (κ2) is 3.52. The summed E-state index contributed by atoms with van der Waals surface area (Å²) >= 11 is 0. The van der Waals surface area contributed by atoms with Crippen molar-refractivity contribution < 1.29 is 9.59 Å². The molecule has 1 aromatic carbocycles. The molecule has 3 rings (SSSR count). The second-order valence-electron chi connectivity index (χ2n) is 3.69. The zero-order valence-corrected chi connectivity index (χ0v) is 8.83. The highest BCUT2D eigenvalue weighted by molar-refractivity contribution is 6.53. The van der Waals surface area contributed by atoms with Gasteiger partial charge in [-0.15, -0.1) is 0 Å². The number of benzene rings is 1. The maximum atomic E-state index is 11.9. The number of para-hydroxylation sites is 1. The summed E-state index contributed by atoms with van der Waals surface area (Å²) < 4.78 is 0. The summed E-state index contributed by atoms with van der Waals surface area (Å²) in [6, 6.07) is 10.4. The molecule has 0 spiro atoms. The minimum absolute atomic E-state index is 0.453. The first-order valence-corrected chi connectivity index (χ1v) is 5.17. The standard InChI is InChI=1S/C13H8N2O2/c16-12-10-3-1-2-4-11(10)15(13(12)17)9-5-7-14-8-6-9/h1-8H. The molecule has 0 N–H and O–H groups in total. The molecule has 4 heteroatoms. The summed E-state index contributed by atoms with van der Waals surface area (Å²) in [4.78, 5) is 29.0. The molecule has 0 fully saturated rings. The van der Waals surface area contributed by atoms with Gasteiger partial charge in [0.2, 0.25) is 0 Å². The van der Waals surface area contributed by atoms with Gasteiger partial charge in [-0.1, -0.05) is 12.1 Å². The van der Waals surface area contributed by atoms with E-state index in [0.29, 0.717) is 16.9 Å². The molecule has 0 radical (unpaired) electrons. The van der Waals surface area contributed by atoms with E-state index in [9.17, 15) is 9.59 Å². The van der Waals surface area contributed by atoms with Crippen molar-refractivity contribution in [3.05, 3.63) is 54.4 Å². The summed E-state index contributed by atoms with van der Waals surface area (Å²) in [6.07, 6.45) is 3.18. The predicted molar refractivity (Wildman–Crippen MR) is 62.2 cm³/mol. The average molecular weight is 224 g/mol. The Morgan fingerprint density at radius 2 is 1.65 bits per heavy atom. The molecular formula is C13H8N2O2. The maximum Gasteiger partial charge on any atom is 0.304 e. The van der Waals surface area contributed by atoms with Crippen LogP contribution in [0.1, 0.15) is 10.4 Å². The van der Waals surface area contributed by atoms with E-state index < -0.39 is 11.7 Å². The molecule has 0 saturated carbocycles. The van der Waals surface area contributed by atoms with Crippen molar-refractivity contribution in [1.82, 2.24) is 4.98 Å². The van der Waals surface area contributed by atoms with E-state index in [-0.39, 0.29) is 0 Å². The van der Waals surface area contributed by atoms with E-state index in [4.69, 9.17) is 0 Å². The van der Waals surface area contributed by atoms with Crippen LogP contribution in [0.2, 0.25) is 0 Å². The van der Waals surface area contributed by atoms with Crippen LogP contribution in [0.15, 0.2) is 48.8 Å². The Morgan fingerprint density at radius 1 is 0.941 bits per heavy atom. The molecule has 0 atom stereocenters. The van der Waals surface area contributed by atoms with Crippen molar-refractivity contribution in [1.29, 1.82) is 0 Å². The molecule has 0 saturated heterocycles. The highest BCUT2D eigenvalue weighted by Crippen LogP contribution is 2.34. The Kier molecular flexibility index (Phi) is 2.01. The molecule has 1 aliphatic rings. The van der Waals surface area contributed by atoms with Crippen LogP contribution in [-0.2, 0) is 4.79 Å². The molecule has 0 unspecified atom stereocenters. The number of aromatic nitrogens is 1. The highest BCUT2D eigenvalue weighted by atomic mass is 16.2. The van der Waals surface area contributed by atoms with E-state index in [1.807, 2.05) is 0 Å². The van der Waals surface area contributed by atoms with E-state index in [2.05, 4.69) is 4.98 Å². The average Bonchev–Trinajstić information content (AvgIpc) is 2.64. The molecule has 0 aliphatic carbocycles. The number of nitrogens with zero attached hydrogens (tertiary/aromatic N) is 2. The van der Waals surface area contributed by atoms with Gasteiger partial charge in [0.1, 0.15) is 0 Å². The molecule has 1 amide bonds. The first-order valence-electron chi connectivity index (χ1n) is 5.17. The number of fused-ring (bicyclic) bond motifs is 1. The molecule has 0 bridgehead atoms. The van der Waals surface area contributed by atoms with E-state index in [1.165, 1.54) is 4.90 Å². The van der Waals surface area contributed by atoms with Crippen LogP contribution in [0, 0.1) is 0 Å². The zero-order valence-electron chi connectivity index (χ0n) is 8.83. The molecule has 1 aromatic heterocycles. The molecular weight excluding hydrogens is 216 g/mol. The monoisotopic (exact) mass is 224 g/mol. The quantitative estimate of drug-likeness (QED) is 0.695. The van der Waals surface area contributed by atoms with E-state index in [1.54, 1.807) is 48.8 Å². The summed E-state index contributed by atoms with van der Waals surface area (Å²) in [5.41, 5.74) is 1.74. The third-order valence-electron chi connectivity index (χ3n) is 2.71. The molecule has 2 aromatic rings. The van der Waals surface area contributed by atoms with Crippen molar-refractivity contribution in [2.75, 3.05) is 4.90 Å². The third kappa shape index (κ3) is 1.34. The summed E-state index contributed by atoms with van der Waals surface area (Å²) in [5.74, 6) is -0.977. The SMILES string of the molecule is O=C1C(=O)N(c2ccncc2)c2ccccc21. The van der Waals surface area contributed by atoms with Crippen LogP contribution >= 0.6 is 0 Å². The van der Waals surface area contributed by atoms with Crippen LogP contribution in [0.4, 0.5) is 11.4 Å². The van der Waals surface area contributed by atoms with Crippen LogP contribution in [0.3, 0.4) is 0 Å². The van der Waals surface area contributed by atoms with Gasteiger partial charge in [-0.3, -0.25) is 19.5 Å². The lowest BCUT2D eigenvalue weighted by Gasteiger charge is -2.15. The predicted octanol–water partition coefficient (Wildman–Crippen LogP) is 1.94. The highest BCUT2D eigenvalue weighted by Gasteiger charge is 2.36. The lowest BCUT2D eigenvalue weighted by Crippen LogP contribution is -2.24. The fourth-order valence-corrected chi connectivity index (χ4v) is 1.94. The second-order valence-corrected chi connectivity index (χ2v) is 3.69. The van der Waals surface area contributed by atoms with Gasteiger partial charge in [-0.2, -0.15) is 0 Å². The van der Waals surface area contributed by atoms with Crippen molar-refractivity contribution in [3.8, 4) is 0 Å². The van der Waals surface area contributed by atoms with Gasteiger partial charge in [0, 0.05) is 12.4 Å². The Balaban J connectivity index is 2.20. The lowest BCUT2D eigenvalue weighted by atomic mass is 10.1. The Labute approximate surface area is 97.5 Å². The smallest absolute Gasteiger partial charge is 0.283 e. The van der Waals surface area contributed by atoms with Crippen LogP contribution < -0.4 is 4.90 Å². The van der Waals surface area contributed by atoms with E-state index in [0.717, 1.165) is 0 Å². The molecule has 17 heavy (non-hydrogen) atoms. The first-order chi connectivity index (χ1) is 8.29. The number of carbonyl (C=O) groups excluding carboxylic acids is 2. The molecule has 1 aliphatic heterocycles.